The second-order valence-electron chi connectivity index (χ2n) is 5.06. The quantitative estimate of drug-likeness (QED) is 0.831. The first-order valence-corrected chi connectivity index (χ1v) is 6.14. The zero-order valence-electron chi connectivity index (χ0n) is 10.8. The van der Waals surface area contributed by atoms with Crippen LogP contribution in [0.4, 0.5) is 5.82 Å². The van der Waals surface area contributed by atoms with Crippen molar-refractivity contribution in [3.05, 3.63) is 23.9 Å². The molecule has 0 aromatic carbocycles. The van der Waals surface area contributed by atoms with Gasteiger partial charge in [0.15, 0.2) is 0 Å². The molecule has 5 heteroatoms. The summed E-state index contributed by atoms with van der Waals surface area (Å²) in [5.74, 6) is -0.217. The van der Waals surface area contributed by atoms with Crippen molar-refractivity contribution in [2.45, 2.75) is 24.8 Å². The monoisotopic (exact) mass is 249 g/mol. The van der Waals surface area contributed by atoms with Crippen molar-refractivity contribution in [3.8, 4) is 0 Å². The largest absolute Gasteiger partial charge is 0.478 e. The average Bonchev–Trinajstić information content (AvgIpc) is 2.27. The number of aromatic carboxylic acids is 1. The molecule has 0 unspecified atom stereocenters. The summed E-state index contributed by atoms with van der Waals surface area (Å²) in [7, 11) is 4.20. The molecular formula is C13H19N3O2. The molecule has 0 radical (unpaired) electrons. The number of carbonyl (C=O) groups is 1. The maximum absolute atomic E-state index is 10.7. The highest BCUT2D eigenvalue weighted by molar-refractivity contribution is 5.87. The Labute approximate surface area is 107 Å². The van der Waals surface area contributed by atoms with E-state index in [0.717, 1.165) is 12.4 Å². The van der Waals surface area contributed by atoms with Crippen molar-refractivity contribution in [1.29, 1.82) is 0 Å². The number of aromatic nitrogens is 1. The van der Waals surface area contributed by atoms with Gasteiger partial charge >= 0.3 is 5.97 Å². The Balaban J connectivity index is 1.96. The van der Waals surface area contributed by atoms with Crippen LogP contribution in [0.3, 0.4) is 0 Å². The summed E-state index contributed by atoms with van der Waals surface area (Å²) in [6.45, 7) is 0.847. The molecule has 5 nitrogen and oxygen atoms in total. The molecule has 2 N–H and O–H groups in total. The summed E-state index contributed by atoms with van der Waals surface area (Å²) >= 11 is 0. The fourth-order valence-corrected chi connectivity index (χ4v) is 2.25. The van der Waals surface area contributed by atoms with Gasteiger partial charge in [0.25, 0.3) is 0 Å². The van der Waals surface area contributed by atoms with E-state index in [9.17, 15) is 4.79 Å². The van der Waals surface area contributed by atoms with Crippen LogP contribution in [0, 0.1) is 0 Å². The summed E-state index contributed by atoms with van der Waals surface area (Å²) in [6.07, 6.45) is 5.04. The van der Waals surface area contributed by atoms with Gasteiger partial charge in [-0.1, -0.05) is 0 Å². The highest BCUT2D eigenvalue weighted by atomic mass is 16.4. The molecule has 2 rings (SSSR count). The van der Waals surface area contributed by atoms with E-state index in [4.69, 9.17) is 5.11 Å². The number of likely N-dealkylation sites (N-methyl/N-ethyl adjacent to an activating group) is 1. The zero-order valence-corrected chi connectivity index (χ0v) is 10.8. The number of hydrogen-bond acceptors (Lipinski definition) is 4. The molecule has 1 aliphatic rings. The van der Waals surface area contributed by atoms with Gasteiger partial charge in [-0.2, -0.15) is 0 Å². The average molecular weight is 249 g/mol. The smallest absolute Gasteiger partial charge is 0.337 e. The fraction of sp³-hybridized carbons (Fsp3) is 0.538. The van der Waals surface area contributed by atoms with Crippen LogP contribution in [0.5, 0.6) is 0 Å². The number of rotatable bonds is 5. The third-order valence-electron chi connectivity index (χ3n) is 3.84. The molecule has 0 saturated heterocycles. The Hall–Kier alpha value is -1.62. The Morgan fingerprint density at radius 3 is 2.61 bits per heavy atom. The molecular weight excluding hydrogens is 230 g/mol. The molecule has 0 spiro atoms. The molecule has 1 fully saturated rings. The minimum atomic E-state index is -0.946. The topological polar surface area (TPSA) is 65.5 Å². The van der Waals surface area contributed by atoms with Gasteiger partial charge in [-0.25, -0.2) is 9.78 Å². The number of pyridine rings is 1. The Bertz CT molecular complexity index is 424. The third-order valence-corrected chi connectivity index (χ3v) is 3.84. The van der Waals surface area contributed by atoms with Crippen molar-refractivity contribution >= 4 is 11.8 Å². The van der Waals surface area contributed by atoms with Crippen LogP contribution in [-0.4, -0.2) is 47.1 Å². The molecule has 1 heterocycles. The molecule has 1 aromatic rings. The van der Waals surface area contributed by atoms with Crippen LogP contribution >= 0.6 is 0 Å². The lowest BCUT2D eigenvalue weighted by molar-refractivity contribution is 0.0696. The molecule has 0 bridgehead atoms. The van der Waals surface area contributed by atoms with Gasteiger partial charge < -0.3 is 15.3 Å². The summed E-state index contributed by atoms with van der Waals surface area (Å²) in [4.78, 5) is 17.1. The van der Waals surface area contributed by atoms with E-state index in [1.165, 1.54) is 25.5 Å². The van der Waals surface area contributed by atoms with Crippen LogP contribution in [0.25, 0.3) is 0 Å². The molecule has 0 amide bonds. The van der Waals surface area contributed by atoms with E-state index < -0.39 is 5.97 Å². The predicted octanol–water partition coefficient (Wildman–Crippen LogP) is 1.68. The Morgan fingerprint density at radius 1 is 1.50 bits per heavy atom. The van der Waals surface area contributed by atoms with Gasteiger partial charge in [0.1, 0.15) is 5.82 Å². The summed E-state index contributed by atoms with van der Waals surface area (Å²) in [6, 6.07) is 3.28. The van der Waals surface area contributed by atoms with E-state index in [1.54, 1.807) is 12.1 Å². The van der Waals surface area contributed by atoms with Gasteiger partial charge in [-0.15, -0.1) is 0 Å². The Morgan fingerprint density at radius 2 is 2.22 bits per heavy atom. The molecule has 98 valence electrons. The van der Waals surface area contributed by atoms with Crippen LogP contribution in [0.2, 0.25) is 0 Å². The maximum atomic E-state index is 10.7. The van der Waals surface area contributed by atoms with Gasteiger partial charge in [0.05, 0.1) is 5.56 Å². The number of nitrogens with one attached hydrogen (secondary N) is 1. The highest BCUT2D eigenvalue weighted by Crippen LogP contribution is 2.36. The lowest BCUT2D eigenvalue weighted by atomic mass is 9.75. The van der Waals surface area contributed by atoms with Crippen molar-refractivity contribution in [2.75, 3.05) is 26.0 Å². The van der Waals surface area contributed by atoms with Crippen molar-refractivity contribution in [3.63, 3.8) is 0 Å². The molecule has 18 heavy (non-hydrogen) atoms. The van der Waals surface area contributed by atoms with Gasteiger partial charge in [-0.05, 0) is 45.5 Å². The summed E-state index contributed by atoms with van der Waals surface area (Å²) < 4.78 is 0. The standard InChI is InChI=1S/C13H19N3O2/c1-16(2)13(6-3-7-13)9-15-11-5-4-10(8-14-11)12(17)18/h4-5,8H,3,6-7,9H2,1-2H3,(H,14,15)(H,17,18). The van der Waals surface area contributed by atoms with Crippen molar-refractivity contribution in [2.24, 2.45) is 0 Å². The number of nitrogens with zero attached hydrogens (tertiary/aromatic N) is 2. The third kappa shape index (κ3) is 2.46. The first-order chi connectivity index (χ1) is 8.53. The van der Waals surface area contributed by atoms with Crippen LogP contribution in [-0.2, 0) is 0 Å². The first kappa shape index (κ1) is 12.8. The van der Waals surface area contributed by atoms with E-state index in [2.05, 4.69) is 29.3 Å². The lowest BCUT2D eigenvalue weighted by Crippen LogP contribution is -2.54. The Kier molecular flexibility index (Phi) is 3.52. The molecule has 0 aliphatic heterocycles. The number of carboxylic acids is 1. The van der Waals surface area contributed by atoms with E-state index in [-0.39, 0.29) is 11.1 Å². The second kappa shape index (κ2) is 4.94. The predicted molar refractivity (Wildman–Crippen MR) is 70.0 cm³/mol. The zero-order chi connectivity index (χ0) is 13.2. The molecule has 1 saturated carbocycles. The number of hydrogen-bond donors (Lipinski definition) is 2. The van der Waals surface area contributed by atoms with Gasteiger partial charge in [-0.3, -0.25) is 0 Å². The normalized spacial score (nSPS) is 17.3. The van der Waals surface area contributed by atoms with Crippen molar-refractivity contribution < 1.29 is 9.90 Å². The van der Waals surface area contributed by atoms with E-state index in [0.29, 0.717) is 0 Å². The van der Waals surface area contributed by atoms with Crippen LogP contribution in [0.1, 0.15) is 29.6 Å². The van der Waals surface area contributed by atoms with Gasteiger partial charge in [0, 0.05) is 18.3 Å². The lowest BCUT2D eigenvalue weighted by Gasteiger charge is -2.47. The summed E-state index contributed by atoms with van der Waals surface area (Å²) in [5, 5.41) is 12.1. The number of carboxylic acid groups (broad SMARTS) is 1. The summed E-state index contributed by atoms with van der Waals surface area (Å²) in [5.41, 5.74) is 0.444. The minimum Gasteiger partial charge on any atom is -0.478 e. The van der Waals surface area contributed by atoms with Gasteiger partial charge in [0.2, 0.25) is 0 Å². The van der Waals surface area contributed by atoms with E-state index in [1.807, 2.05) is 0 Å². The second-order valence-corrected chi connectivity index (χ2v) is 5.06. The molecule has 0 atom stereocenters. The SMILES string of the molecule is CN(C)C1(CNc2ccc(C(=O)O)cn2)CCC1. The molecule has 1 aliphatic carbocycles. The van der Waals surface area contributed by atoms with E-state index >= 15 is 0 Å². The van der Waals surface area contributed by atoms with Crippen molar-refractivity contribution in [1.82, 2.24) is 9.88 Å². The maximum Gasteiger partial charge on any atom is 0.337 e. The minimum absolute atomic E-state index is 0.214. The first-order valence-electron chi connectivity index (χ1n) is 6.14. The fourth-order valence-electron chi connectivity index (χ4n) is 2.25. The molecule has 1 aromatic heterocycles. The van der Waals surface area contributed by atoms with Crippen LogP contribution < -0.4 is 5.32 Å². The van der Waals surface area contributed by atoms with Crippen LogP contribution in [0.15, 0.2) is 18.3 Å². The highest BCUT2D eigenvalue weighted by Gasteiger charge is 2.38. The number of anilines is 1.